The second-order valence-electron chi connectivity index (χ2n) is 5.52. The number of rotatable bonds is 9. The van der Waals surface area contributed by atoms with Crippen LogP contribution in [0.2, 0.25) is 0 Å². The summed E-state index contributed by atoms with van der Waals surface area (Å²) in [5.74, 6) is 0.208. The van der Waals surface area contributed by atoms with Crippen LogP contribution in [0.25, 0.3) is 6.08 Å². The highest BCUT2D eigenvalue weighted by Gasteiger charge is 2.14. The van der Waals surface area contributed by atoms with Crippen molar-refractivity contribution < 1.29 is 20.4 Å². The van der Waals surface area contributed by atoms with Gasteiger partial charge in [-0.1, -0.05) is 47.2 Å². The van der Waals surface area contributed by atoms with Gasteiger partial charge in [0.15, 0.2) is 0 Å². The van der Waals surface area contributed by atoms with Crippen molar-refractivity contribution >= 4 is 22.0 Å². The monoisotopic (exact) mass is 396 g/mol. The van der Waals surface area contributed by atoms with E-state index in [0.717, 1.165) is 22.0 Å². The van der Waals surface area contributed by atoms with E-state index in [1.165, 1.54) is 6.08 Å². The lowest BCUT2D eigenvalue weighted by Crippen LogP contribution is -2.14. The predicted molar refractivity (Wildman–Crippen MR) is 101 cm³/mol. The minimum Gasteiger partial charge on any atom is -0.507 e. The van der Waals surface area contributed by atoms with Gasteiger partial charge in [-0.15, -0.1) is 0 Å². The fourth-order valence-corrected chi connectivity index (χ4v) is 2.77. The summed E-state index contributed by atoms with van der Waals surface area (Å²) in [6.07, 6.45) is 4.45. The number of aliphatic hydroxyl groups is 3. The smallest absolute Gasteiger partial charge is 0.122 e. The lowest BCUT2D eigenvalue weighted by Gasteiger charge is -2.17. The number of aliphatic hydroxyl groups excluding tert-OH is 3. The maximum Gasteiger partial charge on any atom is 0.122 e. The molecule has 0 aliphatic carbocycles. The fraction of sp³-hybridized carbons (Fsp3) is 0.368. The van der Waals surface area contributed by atoms with Crippen molar-refractivity contribution in [1.82, 2.24) is 0 Å². The molecule has 1 aromatic rings. The van der Waals surface area contributed by atoms with Crippen LogP contribution in [0.3, 0.4) is 0 Å². The number of hydrogen-bond donors (Lipinski definition) is 4. The first kappa shape index (κ1) is 20.6. The Morgan fingerprint density at radius 1 is 1.33 bits per heavy atom. The van der Waals surface area contributed by atoms with E-state index in [1.54, 1.807) is 12.1 Å². The van der Waals surface area contributed by atoms with Gasteiger partial charge in [0.25, 0.3) is 0 Å². The van der Waals surface area contributed by atoms with E-state index < -0.39 is 6.10 Å². The number of phenols is 1. The normalized spacial score (nSPS) is 13.9. The molecule has 0 amide bonds. The predicted octanol–water partition coefficient (Wildman–Crippen LogP) is 3.56. The van der Waals surface area contributed by atoms with Gasteiger partial charge in [-0.25, -0.2) is 0 Å². The average molecular weight is 397 g/mol. The van der Waals surface area contributed by atoms with Crippen molar-refractivity contribution in [2.45, 2.75) is 32.3 Å². The van der Waals surface area contributed by atoms with E-state index in [9.17, 15) is 15.3 Å². The van der Waals surface area contributed by atoms with Gasteiger partial charge >= 0.3 is 0 Å². The van der Waals surface area contributed by atoms with Gasteiger partial charge < -0.3 is 20.4 Å². The Balaban J connectivity index is 2.85. The first-order chi connectivity index (χ1) is 11.4. The molecule has 132 valence electrons. The molecule has 0 heterocycles. The molecule has 1 atom stereocenters. The van der Waals surface area contributed by atoms with Crippen LogP contribution in [-0.4, -0.2) is 39.7 Å². The van der Waals surface area contributed by atoms with Crippen molar-refractivity contribution in [3.8, 4) is 5.75 Å². The Morgan fingerprint density at radius 3 is 2.62 bits per heavy atom. The molecule has 0 saturated heterocycles. The summed E-state index contributed by atoms with van der Waals surface area (Å²) in [5.41, 5.74) is 2.69. The van der Waals surface area contributed by atoms with Crippen molar-refractivity contribution in [2.24, 2.45) is 0 Å². The highest BCUT2D eigenvalue weighted by Crippen LogP contribution is 2.27. The highest BCUT2D eigenvalue weighted by molar-refractivity contribution is 9.10. The fourth-order valence-electron chi connectivity index (χ4n) is 2.40. The molecular weight excluding hydrogens is 372 g/mol. The number of benzene rings is 1. The van der Waals surface area contributed by atoms with Gasteiger partial charge in [0.05, 0.1) is 19.3 Å². The zero-order valence-electron chi connectivity index (χ0n) is 13.9. The lowest BCUT2D eigenvalue weighted by atomic mass is 9.95. The van der Waals surface area contributed by atoms with E-state index in [4.69, 9.17) is 5.11 Å². The molecule has 4 N–H and O–H groups in total. The van der Waals surface area contributed by atoms with Crippen LogP contribution < -0.4 is 0 Å². The molecular formula is C19H25BrO4. The first-order valence-corrected chi connectivity index (χ1v) is 8.68. The molecule has 1 unspecified atom stereocenters. The lowest BCUT2D eigenvalue weighted by molar-refractivity contribution is 0.197. The summed E-state index contributed by atoms with van der Waals surface area (Å²) >= 11 is 3.39. The summed E-state index contributed by atoms with van der Waals surface area (Å²) in [4.78, 5) is 0. The van der Waals surface area contributed by atoms with Gasteiger partial charge in [-0.3, -0.25) is 0 Å². The van der Waals surface area contributed by atoms with Crippen molar-refractivity contribution in [1.29, 1.82) is 0 Å². The Kier molecular flexibility index (Phi) is 9.00. The molecule has 0 saturated carbocycles. The van der Waals surface area contributed by atoms with Crippen LogP contribution in [-0.2, 0) is 0 Å². The quantitative estimate of drug-likeness (QED) is 0.481. The zero-order chi connectivity index (χ0) is 18.1. The number of halogens is 1. The van der Waals surface area contributed by atoms with Gasteiger partial charge in [0, 0.05) is 10.0 Å². The molecule has 0 aliphatic rings. The molecule has 0 fully saturated rings. The van der Waals surface area contributed by atoms with Crippen molar-refractivity contribution in [3.63, 3.8) is 0 Å². The summed E-state index contributed by atoms with van der Waals surface area (Å²) in [7, 11) is 0. The number of aromatic hydroxyl groups is 1. The topological polar surface area (TPSA) is 80.9 Å². The summed E-state index contributed by atoms with van der Waals surface area (Å²) < 4.78 is 0.884. The Labute approximate surface area is 151 Å². The number of allylic oxidation sites excluding steroid dienone is 1. The van der Waals surface area contributed by atoms with E-state index >= 15 is 0 Å². The maximum atomic E-state index is 10.3. The second kappa shape index (κ2) is 10.5. The molecule has 24 heavy (non-hydrogen) atoms. The molecule has 5 heteroatoms. The standard InChI is InChI=1S/C19H25BrO4/c1-3-14(10-15-11-16(20)5-7-18(15)23)4-6-19(24)17(8-9-21)13(2)12-22/h5,7-8,10-11,19,21-24H,2-4,6,9,12H2,1H3/b14-10+,17-8-. The van der Waals surface area contributed by atoms with Crippen molar-refractivity contribution in [2.75, 3.05) is 13.2 Å². The second-order valence-corrected chi connectivity index (χ2v) is 6.43. The molecule has 0 bridgehead atoms. The maximum absolute atomic E-state index is 10.3. The molecule has 4 nitrogen and oxygen atoms in total. The summed E-state index contributed by atoms with van der Waals surface area (Å²) in [5, 5.41) is 38.5. The summed E-state index contributed by atoms with van der Waals surface area (Å²) in [6, 6.07) is 5.24. The van der Waals surface area contributed by atoms with E-state index in [-0.39, 0.29) is 19.0 Å². The van der Waals surface area contributed by atoms with Gasteiger partial charge in [0.2, 0.25) is 0 Å². The Morgan fingerprint density at radius 2 is 2.04 bits per heavy atom. The van der Waals surface area contributed by atoms with Crippen LogP contribution in [0.15, 0.2) is 52.0 Å². The van der Waals surface area contributed by atoms with Gasteiger partial charge in [-0.05, 0) is 48.6 Å². The first-order valence-electron chi connectivity index (χ1n) is 7.88. The van der Waals surface area contributed by atoms with Gasteiger partial charge in [-0.2, -0.15) is 0 Å². The van der Waals surface area contributed by atoms with E-state index in [0.29, 0.717) is 24.0 Å². The number of hydrogen-bond acceptors (Lipinski definition) is 4. The largest absolute Gasteiger partial charge is 0.507 e. The van der Waals surface area contributed by atoms with Crippen LogP contribution in [0, 0.1) is 0 Å². The number of phenolic OH excluding ortho intramolecular Hbond substituents is 1. The van der Waals surface area contributed by atoms with Crippen LogP contribution in [0.5, 0.6) is 5.75 Å². The SMILES string of the molecule is C=C(CO)/C(=C/CO)C(O)CC/C(=C/c1cc(Br)ccc1O)CC. The molecule has 1 aromatic carbocycles. The average Bonchev–Trinajstić information content (AvgIpc) is 2.58. The molecule has 0 aromatic heterocycles. The highest BCUT2D eigenvalue weighted by atomic mass is 79.9. The minimum absolute atomic E-state index is 0.208. The molecule has 0 spiro atoms. The molecule has 1 rings (SSSR count). The van der Waals surface area contributed by atoms with Crippen LogP contribution in [0.4, 0.5) is 0 Å². The Bertz CT molecular complexity index is 620. The molecule has 0 aliphatic heterocycles. The molecule has 0 radical (unpaired) electrons. The van der Waals surface area contributed by atoms with Crippen LogP contribution in [0.1, 0.15) is 31.7 Å². The van der Waals surface area contributed by atoms with Crippen molar-refractivity contribution in [3.05, 3.63) is 57.6 Å². The summed E-state index contributed by atoms with van der Waals surface area (Å²) in [6.45, 7) is 5.25. The van der Waals surface area contributed by atoms with E-state index in [1.807, 2.05) is 19.1 Å². The zero-order valence-corrected chi connectivity index (χ0v) is 15.5. The third-order valence-corrected chi connectivity index (χ3v) is 4.30. The third kappa shape index (κ3) is 6.24. The van der Waals surface area contributed by atoms with Crippen LogP contribution >= 0.6 is 15.9 Å². The third-order valence-electron chi connectivity index (χ3n) is 3.81. The minimum atomic E-state index is -0.803. The Hall–Kier alpha value is -1.40. The van der Waals surface area contributed by atoms with Gasteiger partial charge in [0.1, 0.15) is 5.75 Å². The van der Waals surface area contributed by atoms with E-state index in [2.05, 4.69) is 22.5 Å².